The monoisotopic (exact) mass is 488 g/mol. The molecule has 0 saturated heterocycles. The molecule has 2 aromatic carbocycles. The molecular formula is C28H18Cl2O4. The number of ketones is 2. The second-order valence-corrected chi connectivity index (χ2v) is 8.11. The van der Waals surface area contributed by atoms with Crippen molar-refractivity contribution >= 4 is 59.1 Å². The highest BCUT2D eigenvalue weighted by Gasteiger charge is 2.11. The fraction of sp³-hybridized carbons (Fsp3) is 0. The predicted octanol–water partition coefficient (Wildman–Crippen LogP) is 8.14. The van der Waals surface area contributed by atoms with Crippen LogP contribution >= 0.6 is 23.2 Å². The lowest BCUT2D eigenvalue weighted by molar-refractivity contribution is 0.0992. The summed E-state index contributed by atoms with van der Waals surface area (Å²) in [6, 6.07) is 21.1. The average molecular weight is 489 g/mol. The van der Waals surface area contributed by atoms with Gasteiger partial charge in [0.25, 0.3) is 0 Å². The van der Waals surface area contributed by atoms with Crippen LogP contribution in [0.5, 0.6) is 0 Å². The Balaban J connectivity index is 1.35. The molecule has 4 rings (SSSR count). The molecule has 6 heteroatoms. The molecule has 0 saturated carbocycles. The highest BCUT2D eigenvalue weighted by molar-refractivity contribution is 6.30. The van der Waals surface area contributed by atoms with Gasteiger partial charge >= 0.3 is 0 Å². The van der Waals surface area contributed by atoms with Gasteiger partial charge in [-0.15, -0.1) is 0 Å². The standard InChI is InChI=1S/C28H18Cl2O4/c29-21-7-1-19(2-8-21)5-11-23-13-17-27(33-23)25(31)15-16-26(32)28-18-14-24(34-28)12-6-20-3-9-22(30)10-4-20/h1-18H/b11-5+,12-6+,16-15+. The van der Waals surface area contributed by atoms with Gasteiger partial charge in [-0.2, -0.15) is 0 Å². The Bertz CT molecular complexity index is 1280. The number of hydrogen-bond acceptors (Lipinski definition) is 4. The third kappa shape index (κ3) is 6.35. The Morgan fingerprint density at radius 2 is 0.912 bits per heavy atom. The van der Waals surface area contributed by atoms with E-state index in [1.54, 1.807) is 60.7 Å². The molecule has 0 amide bonds. The van der Waals surface area contributed by atoms with E-state index in [0.29, 0.717) is 21.6 Å². The first-order valence-electron chi connectivity index (χ1n) is 10.3. The molecule has 0 fully saturated rings. The van der Waals surface area contributed by atoms with Crippen molar-refractivity contribution < 1.29 is 18.4 Å². The number of halogens is 2. The van der Waals surface area contributed by atoms with Crippen LogP contribution in [-0.4, -0.2) is 11.6 Å². The molecule has 0 bridgehead atoms. The summed E-state index contributed by atoms with van der Waals surface area (Å²) >= 11 is 11.8. The van der Waals surface area contributed by atoms with Gasteiger partial charge < -0.3 is 8.83 Å². The smallest absolute Gasteiger partial charge is 0.221 e. The van der Waals surface area contributed by atoms with Crippen molar-refractivity contribution in [3.05, 3.63) is 129 Å². The van der Waals surface area contributed by atoms with Gasteiger partial charge in [-0.25, -0.2) is 0 Å². The van der Waals surface area contributed by atoms with Crippen LogP contribution in [0.15, 0.2) is 93.8 Å². The first kappa shape index (κ1) is 23.3. The largest absolute Gasteiger partial charge is 0.453 e. The quantitative estimate of drug-likeness (QED) is 0.185. The van der Waals surface area contributed by atoms with Gasteiger partial charge in [0, 0.05) is 10.0 Å². The van der Waals surface area contributed by atoms with E-state index in [-0.39, 0.29) is 11.5 Å². The van der Waals surface area contributed by atoms with E-state index in [1.807, 2.05) is 36.4 Å². The molecule has 0 atom stereocenters. The van der Waals surface area contributed by atoms with E-state index >= 15 is 0 Å². The van der Waals surface area contributed by atoms with Crippen LogP contribution in [0, 0.1) is 0 Å². The zero-order valence-electron chi connectivity index (χ0n) is 17.8. The molecule has 2 heterocycles. The van der Waals surface area contributed by atoms with E-state index < -0.39 is 11.6 Å². The van der Waals surface area contributed by atoms with Crippen LogP contribution < -0.4 is 0 Å². The van der Waals surface area contributed by atoms with Gasteiger partial charge in [0.1, 0.15) is 11.5 Å². The number of rotatable bonds is 8. The third-order valence-corrected chi connectivity index (χ3v) is 5.25. The molecule has 0 spiro atoms. The van der Waals surface area contributed by atoms with E-state index in [4.69, 9.17) is 32.0 Å². The van der Waals surface area contributed by atoms with Gasteiger partial charge in [0.2, 0.25) is 11.6 Å². The molecule has 0 aliphatic rings. The van der Waals surface area contributed by atoms with Crippen molar-refractivity contribution in [2.45, 2.75) is 0 Å². The molecule has 0 unspecified atom stereocenters. The molecule has 4 aromatic rings. The van der Waals surface area contributed by atoms with E-state index in [1.165, 1.54) is 12.2 Å². The summed E-state index contributed by atoms with van der Waals surface area (Å²) in [4.78, 5) is 24.7. The molecule has 0 aliphatic heterocycles. The molecule has 4 nitrogen and oxygen atoms in total. The number of carbonyl (C=O) groups is 2. The van der Waals surface area contributed by atoms with Gasteiger partial charge in [-0.3, -0.25) is 9.59 Å². The normalized spacial score (nSPS) is 11.7. The molecule has 0 radical (unpaired) electrons. The van der Waals surface area contributed by atoms with E-state index in [2.05, 4.69) is 0 Å². The van der Waals surface area contributed by atoms with Crippen LogP contribution in [0.25, 0.3) is 24.3 Å². The molecule has 0 aliphatic carbocycles. The van der Waals surface area contributed by atoms with Crippen molar-refractivity contribution in [2.75, 3.05) is 0 Å². The lowest BCUT2D eigenvalue weighted by Gasteiger charge is -1.93. The second-order valence-electron chi connectivity index (χ2n) is 7.24. The summed E-state index contributed by atoms with van der Waals surface area (Å²) < 4.78 is 11.1. The topological polar surface area (TPSA) is 60.4 Å². The first-order valence-corrected chi connectivity index (χ1v) is 11.1. The Morgan fingerprint density at radius 3 is 1.29 bits per heavy atom. The fourth-order valence-corrected chi connectivity index (χ4v) is 3.22. The zero-order chi connectivity index (χ0) is 23.9. The summed E-state index contributed by atoms with van der Waals surface area (Å²) in [6.07, 6.45) is 9.52. The maximum Gasteiger partial charge on any atom is 0.221 e. The van der Waals surface area contributed by atoms with Gasteiger partial charge in [0.15, 0.2) is 11.5 Å². The molecule has 0 N–H and O–H groups in total. The van der Waals surface area contributed by atoms with Crippen LogP contribution in [0.3, 0.4) is 0 Å². The highest BCUT2D eigenvalue weighted by atomic mass is 35.5. The minimum atomic E-state index is -0.422. The summed E-state index contributed by atoms with van der Waals surface area (Å²) in [6.45, 7) is 0. The fourth-order valence-electron chi connectivity index (χ4n) is 2.97. The van der Waals surface area contributed by atoms with Crippen LogP contribution in [0.4, 0.5) is 0 Å². The maximum absolute atomic E-state index is 12.4. The van der Waals surface area contributed by atoms with Gasteiger partial charge in [0.05, 0.1) is 0 Å². The first-order chi connectivity index (χ1) is 16.5. The highest BCUT2D eigenvalue weighted by Crippen LogP contribution is 2.17. The summed E-state index contributed by atoms with van der Waals surface area (Å²) in [5.74, 6) is 0.446. The average Bonchev–Trinajstić information content (AvgIpc) is 3.52. The van der Waals surface area contributed by atoms with Gasteiger partial charge in [-0.05, 0) is 84.0 Å². The predicted molar refractivity (Wildman–Crippen MR) is 136 cm³/mol. The molecule has 34 heavy (non-hydrogen) atoms. The Hall–Kier alpha value is -3.86. The summed E-state index contributed by atoms with van der Waals surface area (Å²) in [5, 5.41) is 1.31. The number of benzene rings is 2. The Morgan fingerprint density at radius 1 is 0.529 bits per heavy atom. The Labute approximate surface area is 206 Å². The van der Waals surface area contributed by atoms with Gasteiger partial charge in [-0.1, -0.05) is 59.6 Å². The van der Waals surface area contributed by atoms with Crippen LogP contribution in [0.1, 0.15) is 43.8 Å². The van der Waals surface area contributed by atoms with E-state index in [0.717, 1.165) is 11.1 Å². The molecular weight excluding hydrogens is 471 g/mol. The number of hydrogen-bond donors (Lipinski definition) is 0. The van der Waals surface area contributed by atoms with Crippen molar-refractivity contribution in [1.29, 1.82) is 0 Å². The minimum Gasteiger partial charge on any atom is -0.453 e. The SMILES string of the molecule is O=C(/C=C/C(=O)c1ccc(/C=C/c2ccc(Cl)cc2)o1)c1ccc(/C=C/c2ccc(Cl)cc2)o1. The second kappa shape index (κ2) is 10.8. The lowest BCUT2D eigenvalue weighted by Crippen LogP contribution is -1.96. The maximum atomic E-state index is 12.4. The van der Waals surface area contributed by atoms with Crippen molar-refractivity contribution in [2.24, 2.45) is 0 Å². The van der Waals surface area contributed by atoms with Crippen molar-refractivity contribution in [3.63, 3.8) is 0 Å². The van der Waals surface area contributed by atoms with Crippen LogP contribution in [-0.2, 0) is 0 Å². The third-order valence-electron chi connectivity index (χ3n) is 4.75. The number of furan rings is 2. The Kier molecular flexibility index (Phi) is 7.43. The van der Waals surface area contributed by atoms with Crippen molar-refractivity contribution in [1.82, 2.24) is 0 Å². The number of allylic oxidation sites excluding steroid dienone is 2. The summed E-state index contributed by atoms with van der Waals surface area (Å²) in [7, 11) is 0. The molecule has 2 aromatic heterocycles. The lowest BCUT2D eigenvalue weighted by atomic mass is 10.2. The number of carbonyl (C=O) groups excluding carboxylic acids is 2. The van der Waals surface area contributed by atoms with E-state index in [9.17, 15) is 9.59 Å². The van der Waals surface area contributed by atoms with Crippen LogP contribution in [0.2, 0.25) is 10.0 Å². The summed E-state index contributed by atoms with van der Waals surface area (Å²) in [5.41, 5.74) is 1.89. The minimum absolute atomic E-state index is 0.130. The van der Waals surface area contributed by atoms with Crippen molar-refractivity contribution in [3.8, 4) is 0 Å². The molecule has 168 valence electrons. The zero-order valence-corrected chi connectivity index (χ0v) is 19.3.